The first-order valence-corrected chi connectivity index (χ1v) is 7.45. The van der Waals surface area contributed by atoms with E-state index in [4.69, 9.17) is 25.3 Å². The molecule has 0 aliphatic heterocycles. The molecule has 0 unspecified atom stereocenters. The van der Waals surface area contributed by atoms with Crippen LogP contribution in [0.25, 0.3) is 0 Å². The third-order valence-electron chi connectivity index (χ3n) is 2.49. The Balaban J connectivity index is 0.00000529. The summed E-state index contributed by atoms with van der Waals surface area (Å²) >= 11 is 9.87. The van der Waals surface area contributed by atoms with E-state index in [9.17, 15) is 0 Å². The van der Waals surface area contributed by atoms with Crippen LogP contribution in [0.2, 0.25) is 0 Å². The normalized spacial score (nSPS) is 13.6. The predicted octanol–water partition coefficient (Wildman–Crippen LogP) is 1.38. The average molecular weight is 413 g/mol. The summed E-state index contributed by atoms with van der Waals surface area (Å²) in [6, 6.07) is 9.62. The van der Waals surface area contributed by atoms with Gasteiger partial charge in [0.1, 0.15) is 0 Å². The molecule has 1 rings (SSSR count). The van der Waals surface area contributed by atoms with Gasteiger partial charge in [0.05, 0.1) is 17.6 Å². The minimum atomic E-state index is 0. The molecular weight excluding hydrogens is 396 g/mol. The summed E-state index contributed by atoms with van der Waals surface area (Å²) in [5, 5.41) is 22.6. The summed E-state index contributed by atoms with van der Waals surface area (Å²) < 4.78 is 0. The Bertz CT molecular complexity index is 654. The van der Waals surface area contributed by atoms with E-state index in [2.05, 4.69) is 36.2 Å². The Morgan fingerprint density at radius 1 is 0.917 bits per heavy atom. The zero-order valence-corrected chi connectivity index (χ0v) is 18.3. The largest absolute Gasteiger partial charge is 2.00 e. The zero-order valence-electron chi connectivity index (χ0n) is 13.7. The fraction of sp³-hybridized carbons (Fsp3) is 0.214. The number of benzene rings is 1. The molecule has 7 nitrogen and oxygen atoms in total. The number of nitrogens with zero attached hydrogens (tertiary/aromatic N) is 5. The van der Waals surface area contributed by atoms with Crippen molar-refractivity contribution in [2.45, 2.75) is 13.8 Å². The monoisotopic (exact) mass is 411 g/mol. The van der Waals surface area contributed by atoms with E-state index in [1.807, 2.05) is 30.3 Å². The number of hydrogen-bond acceptors (Lipinski definition) is 7. The first-order chi connectivity index (χ1) is 11.0. The SMILES string of the molecule is CNC([S-])=NN=C(C)C(C)=NN=C([S-])N/N=C/c1ccccc1.[Zn+2]. The molecule has 0 saturated heterocycles. The maximum Gasteiger partial charge on any atom is 2.00 e. The molecule has 0 aliphatic rings. The number of hydrazone groups is 1. The summed E-state index contributed by atoms with van der Waals surface area (Å²) in [5.41, 5.74) is 4.73. The predicted molar refractivity (Wildman–Crippen MR) is 102 cm³/mol. The molecule has 0 spiro atoms. The quantitative estimate of drug-likeness (QED) is 0.251. The Morgan fingerprint density at radius 2 is 1.46 bits per heavy atom. The molecule has 10 heteroatoms. The molecule has 0 fully saturated rings. The van der Waals surface area contributed by atoms with Crippen LogP contribution in [0.3, 0.4) is 0 Å². The van der Waals surface area contributed by atoms with E-state index in [1.165, 1.54) is 0 Å². The van der Waals surface area contributed by atoms with E-state index in [-0.39, 0.29) is 24.6 Å². The molecule has 24 heavy (non-hydrogen) atoms. The van der Waals surface area contributed by atoms with Crippen LogP contribution in [0.4, 0.5) is 0 Å². The van der Waals surface area contributed by atoms with E-state index in [0.29, 0.717) is 16.6 Å². The van der Waals surface area contributed by atoms with Gasteiger partial charge in [-0.25, -0.2) is 0 Å². The van der Waals surface area contributed by atoms with Crippen LogP contribution in [-0.4, -0.2) is 35.0 Å². The fourth-order valence-corrected chi connectivity index (χ4v) is 1.29. The van der Waals surface area contributed by atoms with Crippen molar-refractivity contribution in [3.63, 3.8) is 0 Å². The molecule has 2 N–H and O–H groups in total. The Morgan fingerprint density at radius 3 is 2.00 bits per heavy atom. The first kappa shape index (κ1) is 22.2. The van der Waals surface area contributed by atoms with Crippen LogP contribution >= 0.6 is 0 Å². The van der Waals surface area contributed by atoms with E-state index in [1.54, 1.807) is 27.1 Å². The Labute approximate surface area is 165 Å². The molecule has 0 atom stereocenters. The van der Waals surface area contributed by atoms with Crippen LogP contribution < -0.4 is 10.7 Å². The third-order valence-corrected chi connectivity index (χ3v) is 2.95. The minimum absolute atomic E-state index is 0. The smallest absolute Gasteiger partial charge is 0.741 e. The van der Waals surface area contributed by atoms with E-state index in [0.717, 1.165) is 5.56 Å². The van der Waals surface area contributed by atoms with Crippen LogP contribution in [0.5, 0.6) is 0 Å². The topological polar surface area (TPSA) is 85.9 Å². The van der Waals surface area contributed by atoms with Crippen molar-refractivity contribution in [3.8, 4) is 0 Å². The van der Waals surface area contributed by atoms with Gasteiger partial charge in [-0.3, -0.25) is 5.43 Å². The second kappa shape index (κ2) is 12.6. The Kier molecular flexibility index (Phi) is 11.7. The summed E-state index contributed by atoms with van der Waals surface area (Å²) in [4.78, 5) is 0. The molecule has 122 valence electrons. The molecule has 0 aromatic heterocycles. The summed E-state index contributed by atoms with van der Waals surface area (Å²) in [5.74, 6) is 0. The molecule has 0 saturated carbocycles. The molecule has 0 radical (unpaired) electrons. The maximum atomic E-state index is 5.01. The number of amidine groups is 2. The van der Waals surface area contributed by atoms with Gasteiger partial charge in [-0.1, -0.05) is 30.3 Å². The van der Waals surface area contributed by atoms with Crippen molar-refractivity contribution in [1.29, 1.82) is 0 Å². The second-order valence-corrected chi connectivity index (χ2v) is 4.99. The van der Waals surface area contributed by atoms with E-state index < -0.39 is 0 Å². The van der Waals surface area contributed by atoms with Crippen LogP contribution in [0.1, 0.15) is 19.4 Å². The van der Waals surface area contributed by atoms with Gasteiger partial charge in [0.2, 0.25) is 0 Å². The molecule has 0 aliphatic carbocycles. The van der Waals surface area contributed by atoms with Gasteiger partial charge < -0.3 is 30.6 Å². The number of hydrogen-bond donors (Lipinski definition) is 2. The van der Waals surface area contributed by atoms with Crippen molar-refractivity contribution in [1.82, 2.24) is 10.7 Å². The minimum Gasteiger partial charge on any atom is -0.741 e. The van der Waals surface area contributed by atoms with Gasteiger partial charge in [0.15, 0.2) is 0 Å². The van der Waals surface area contributed by atoms with Crippen LogP contribution in [0.15, 0.2) is 55.8 Å². The van der Waals surface area contributed by atoms with Crippen molar-refractivity contribution in [2.24, 2.45) is 25.5 Å². The summed E-state index contributed by atoms with van der Waals surface area (Å²) in [6.45, 7) is 3.50. The standard InChI is InChI=1S/C14H19N7S2.Zn/c1-10(17-20-13(22)15-3)11(2)18-21-14(23)19-16-9-12-7-5-4-6-8-12;/h4-9H,1-3H3,(H2,15,20,22)(H2,19,21,23);/q;+2/p-2/b16-9+,17-10?,18-11?;. The molecular formula is C14H17N7S2Zn. The van der Waals surface area contributed by atoms with Gasteiger partial charge in [-0.05, 0) is 24.6 Å². The summed E-state index contributed by atoms with van der Waals surface area (Å²) in [7, 11) is 1.67. The fourth-order valence-electron chi connectivity index (χ4n) is 1.16. The van der Waals surface area contributed by atoms with Gasteiger partial charge in [0, 0.05) is 12.2 Å². The van der Waals surface area contributed by atoms with E-state index >= 15 is 0 Å². The number of nitrogens with one attached hydrogen (secondary N) is 2. The molecule has 0 amide bonds. The van der Waals surface area contributed by atoms with Crippen molar-refractivity contribution in [2.75, 3.05) is 7.05 Å². The van der Waals surface area contributed by atoms with Crippen molar-refractivity contribution >= 4 is 53.2 Å². The van der Waals surface area contributed by atoms with Crippen molar-refractivity contribution in [3.05, 3.63) is 35.9 Å². The zero-order chi connectivity index (χ0) is 17.1. The number of rotatable bonds is 5. The average Bonchev–Trinajstić information content (AvgIpc) is 2.58. The molecule has 0 bridgehead atoms. The van der Waals surface area contributed by atoms with Gasteiger partial charge in [-0.15, -0.1) is 0 Å². The van der Waals surface area contributed by atoms with Crippen LogP contribution in [0, 0.1) is 0 Å². The van der Waals surface area contributed by atoms with Gasteiger partial charge in [-0.2, -0.15) is 25.5 Å². The van der Waals surface area contributed by atoms with Crippen molar-refractivity contribution < 1.29 is 19.5 Å². The first-order valence-electron chi connectivity index (χ1n) is 6.63. The molecule has 0 heterocycles. The maximum absolute atomic E-state index is 5.01. The molecule has 1 aromatic rings. The summed E-state index contributed by atoms with van der Waals surface area (Å²) in [6.07, 6.45) is 1.64. The Hall–Kier alpha value is -1.77. The third kappa shape index (κ3) is 9.39. The van der Waals surface area contributed by atoms with Gasteiger partial charge >= 0.3 is 19.5 Å². The van der Waals surface area contributed by atoms with Gasteiger partial charge in [0.25, 0.3) is 0 Å². The van der Waals surface area contributed by atoms with Crippen LogP contribution in [-0.2, 0) is 44.7 Å². The molecule has 1 aromatic carbocycles. The second-order valence-electron chi connectivity index (χ2n) is 4.21.